The Balaban J connectivity index is 1.59. The van der Waals surface area contributed by atoms with Crippen molar-refractivity contribution in [3.05, 3.63) is 52.4 Å². The van der Waals surface area contributed by atoms with Crippen LogP contribution in [0.2, 0.25) is 0 Å². The van der Waals surface area contributed by atoms with Crippen LogP contribution in [0.25, 0.3) is 0 Å². The molecule has 3 fully saturated rings. The van der Waals surface area contributed by atoms with Crippen molar-refractivity contribution in [2.75, 3.05) is 11.9 Å². The number of benzene rings is 1. The molecule has 3 saturated carbocycles. The fourth-order valence-corrected chi connectivity index (χ4v) is 6.24. The topological polar surface area (TPSA) is 92.7 Å². The van der Waals surface area contributed by atoms with Gasteiger partial charge in [0.15, 0.2) is 0 Å². The van der Waals surface area contributed by atoms with E-state index in [-0.39, 0.29) is 24.3 Å². The lowest BCUT2D eigenvalue weighted by molar-refractivity contribution is -0.156. The highest BCUT2D eigenvalue weighted by molar-refractivity contribution is 7.16. The van der Waals surface area contributed by atoms with E-state index in [1.807, 2.05) is 30.3 Å². The van der Waals surface area contributed by atoms with Crippen molar-refractivity contribution in [1.29, 1.82) is 0 Å². The Kier molecular flexibility index (Phi) is 6.41. The van der Waals surface area contributed by atoms with Gasteiger partial charge in [-0.15, -0.1) is 11.3 Å². The third-order valence-corrected chi connectivity index (χ3v) is 7.59. The van der Waals surface area contributed by atoms with Crippen LogP contribution in [0.4, 0.5) is 5.00 Å². The van der Waals surface area contributed by atoms with Crippen LogP contribution in [0.1, 0.15) is 53.4 Å². The molecule has 3 aliphatic carbocycles. The summed E-state index contributed by atoms with van der Waals surface area (Å²) in [6.07, 6.45) is 4.17. The van der Waals surface area contributed by atoms with Crippen LogP contribution in [0.3, 0.4) is 0 Å². The number of ether oxygens (including phenoxy) is 1. The molecule has 1 heterocycles. The molecule has 5 rings (SSSR count). The summed E-state index contributed by atoms with van der Waals surface area (Å²) in [7, 11) is 0. The predicted octanol–water partition coefficient (Wildman–Crippen LogP) is 4.59. The monoisotopic (exact) mass is 441 g/mol. The summed E-state index contributed by atoms with van der Waals surface area (Å²) < 4.78 is 5.19. The number of fused-ring (bicyclic) bond motifs is 3. The summed E-state index contributed by atoms with van der Waals surface area (Å²) in [5.41, 5.74) is 1.44. The molecule has 2 bridgehead atoms. The van der Waals surface area contributed by atoms with Crippen molar-refractivity contribution in [2.45, 2.75) is 39.0 Å². The molecule has 0 aliphatic heterocycles. The molecule has 2 unspecified atom stereocenters. The first-order valence-electron chi connectivity index (χ1n) is 10.8. The number of aliphatic carboxylic acids is 1. The van der Waals surface area contributed by atoms with E-state index < -0.39 is 23.8 Å². The van der Waals surface area contributed by atoms with Crippen molar-refractivity contribution in [1.82, 2.24) is 0 Å². The molecule has 1 aromatic carbocycles. The fraction of sp³-hybridized carbons (Fsp3) is 0.458. The van der Waals surface area contributed by atoms with Gasteiger partial charge in [-0.1, -0.05) is 30.3 Å². The Hall–Kier alpha value is -2.67. The van der Waals surface area contributed by atoms with Gasteiger partial charge in [-0.05, 0) is 56.1 Å². The molecule has 2 aromatic rings. The van der Waals surface area contributed by atoms with Crippen molar-refractivity contribution in [2.24, 2.45) is 23.7 Å². The molecule has 1 aromatic heterocycles. The molecule has 3 aliphatic rings. The number of esters is 1. The summed E-state index contributed by atoms with van der Waals surface area (Å²) in [6.45, 7) is 1.98. The first kappa shape index (κ1) is 21.6. The summed E-state index contributed by atoms with van der Waals surface area (Å²) in [5.74, 6) is -2.73. The minimum absolute atomic E-state index is 0.0553. The van der Waals surface area contributed by atoms with Gasteiger partial charge in [0.05, 0.1) is 24.0 Å². The number of carbonyl (C=O) groups is 3. The lowest BCUT2D eigenvalue weighted by atomic mass is 9.58. The maximum Gasteiger partial charge on any atom is 0.341 e. The molecule has 31 heavy (non-hydrogen) atoms. The van der Waals surface area contributed by atoms with Crippen molar-refractivity contribution in [3.8, 4) is 0 Å². The SMILES string of the molecule is CCOC(=O)c1cc(Cc2ccccc2)sc1NC(=O)C1C2CCC(CC2)C1C(=O)O. The molecule has 2 N–H and O–H groups in total. The molecule has 0 spiro atoms. The first-order valence-corrected chi connectivity index (χ1v) is 11.7. The lowest BCUT2D eigenvalue weighted by Crippen LogP contribution is -2.49. The average molecular weight is 442 g/mol. The number of carboxylic acids is 1. The number of rotatable bonds is 7. The minimum atomic E-state index is -0.892. The standard InChI is InChI=1S/C24H27NO5S/c1-2-30-24(29)18-13-17(12-14-6-4-3-5-7-14)31-22(18)25-21(26)19-15-8-10-16(11-9-15)20(19)23(27)28/h3-7,13,15-16,19-20H,2,8-12H2,1H3,(H,25,26)(H,27,28). The van der Waals surface area contributed by atoms with Crippen LogP contribution in [0.15, 0.2) is 36.4 Å². The Morgan fingerprint density at radius 3 is 2.32 bits per heavy atom. The Labute approximate surface area is 185 Å². The number of hydrogen-bond acceptors (Lipinski definition) is 5. The highest BCUT2D eigenvalue weighted by Gasteiger charge is 2.50. The summed E-state index contributed by atoms with van der Waals surface area (Å²) >= 11 is 1.35. The van der Waals surface area contributed by atoms with Crippen LogP contribution in [0, 0.1) is 23.7 Å². The maximum absolute atomic E-state index is 13.3. The zero-order valence-electron chi connectivity index (χ0n) is 17.5. The van der Waals surface area contributed by atoms with E-state index in [1.54, 1.807) is 13.0 Å². The highest BCUT2D eigenvalue weighted by Crippen LogP contribution is 2.49. The summed E-state index contributed by atoms with van der Waals surface area (Å²) in [6, 6.07) is 11.7. The number of carbonyl (C=O) groups excluding carboxylic acids is 2. The first-order chi connectivity index (χ1) is 15.0. The minimum Gasteiger partial charge on any atom is -0.481 e. The summed E-state index contributed by atoms with van der Waals surface area (Å²) in [5, 5.41) is 13.1. The number of nitrogens with one attached hydrogen (secondary N) is 1. The van der Waals surface area contributed by atoms with Crippen LogP contribution < -0.4 is 5.32 Å². The van der Waals surface area contributed by atoms with Gasteiger partial charge < -0.3 is 15.2 Å². The molecule has 0 radical (unpaired) electrons. The van der Waals surface area contributed by atoms with Gasteiger partial charge in [0.1, 0.15) is 5.00 Å². The third kappa shape index (κ3) is 4.51. The number of thiophene rings is 1. The maximum atomic E-state index is 13.3. The van der Waals surface area contributed by atoms with E-state index in [1.165, 1.54) is 11.3 Å². The van der Waals surface area contributed by atoms with Gasteiger partial charge in [-0.3, -0.25) is 9.59 Å². The molecule has 6 nitrogen and oxygen atoms in total. The molecule has 1 amide bonds. The van der Waals surface area contributed by atoms with Crippen molar-refractivity contribution >= 4 is 34.2 Å². The van der Waals surface area contributed by atoms with E-state index in [9.17, 15) is 19.5 Å². The van der Waals surface area contributed by atoms with Gasteiger partial charge in [0.2, 0.25) is 5.91 Å². The van der Waals surface area contributed by atoms with Crippen LogP contribution in [-0.2, 0) is 20.7 Å². The molecule has 2 atom stereocenters. The normalized spacial score (nSPS) is 24.5. The fourth-order valence-electron chi connectivity index (χ4n) is 5.16. The van der Waals surface area contributed by atoms with Crippen LogP contribution in [0.5, 0.6) is 0 Å². The lowest BCUT2D eigenvalue weighted by Gasteiger charge is -2.45. The molecular formula is C24H27NO5S. The van der Waals surface area contributed by atoms with Crippen molar-refractivity contribution < 1.29 is 24.2 Å². The van der Waals surface area contributed by atoms with E-state index >= 15 is 0 Å². The van der Waals surface area contributed by atoms with E-state index in [0.29, 0.717) is 17.0 Å². The quantitative estimate of drug-likeness (QED) is 0.613. The Morgan fingerprint density at radius 2 is 1.71 bits per heavy atom. The average Bonchev–Trinajstić information content (AvgIpc) is 3.16. The number of amides is 1. The van der Waals surface area contributed by atoms with Crippen LogP contribution >= 0.6 is 11.3 Å². The smallest absolute Gasteiger partial charge is 0.341 e. The number of carboxylic acid groups (broad SMARTS) is 1. The summed E-state index contributed by atoms with van der Waals surface area (Å²) in [4.78, 5) is 38.6. The van der Waals surface area contributed by atoms with Crippen LogP contribution in [-0.4, -0.2) is 29.6 Å². The van der Waals surface area contributed by atoms with E-state index in [2.05, 4.69) is 5.32 Å². The second-order valence-electron chi connectivity index (χ2n) is 8.39. The van der Waals surface area contributed by atoms with Crippen molar-refractivity contribution in [3.63, 3.8) is 0 Å². The predicted molar refractivity (Wildman–Crippen MR) is 118 cm³/mol. The highest BCUT2D eigenvalue weighted by atomic mass is 32.1. The van der Waals surface area contributed by atoms with E-state index in [4.69, 9.17) is 4.74 Å². The van der Waals surface area contributed by atoms with Gasteiger partial charge in [0.25, 0.3) is 0 Å². The number of hydrogen-bond donors (Lipinski definition) is 2. The molecule has 0 saturated heterocycles. The van der Waals surface area contributed by atoms with Gasteiger partial charge in [-0.2, -0.15) is 0 Å². The number of anilines is 1. The Morgan fingerprint density at radius 1 is 1.06 bits per heavy atom. The van der Waals surface area contributed by atoms with Gasteiger partial charge in [-0.25, -0.2) is 4.79 Å². The van der Waals surface area contributed by atoms with Gasteiger partial charge >= 0.3 is 11.9 Å². The zero-order chi connectivity index (χ0) is 22.0. The second kappa shape index (κ2) is 9.22. The largest absolute Gasteiger partial charge is 0.481 e. The zero-order valence-corrected chi connectivity index (χ0v) is 18.3. The third-order valence-electron chi connectivity index (χ3n) is 6.54. The molecular weight excluding hydrogens is 414 g/mol. The molecule has 7 heteroatoms. The Bertz CT molecular complexity index is 962. The second-order valence-corrected chi connectivity index (χ2v) is 9.53. The molecule has 164 valence electrons. The van der Waals surface area contributed by atoms with E-state index in [0.717, 1.165) is 36.1 Å². The van der Waals surface area contributed by atoms with Gasteiger partial charge in [0, 0.05) is 11.3 Å².